The molecule has 1 fully saturated rings. The third-order valence-corrected chi connectivity index (χ3v) is 4.30. The second-order valence-electron chi connectivity index (χ2n) is 6.01. The molecule has 0 aromatic heterocycles. The molecule has 1 N–H and O–H groups in total. The van der Waals surface area contributed by atoms with Crippen LogP contribution in [-0.4, -0.2) is 24.2 Å². The fraction of sp³-hybridized carbons (Fsp3) is 0.588. The van der Waals surface area contributed by atoms with E-state index in [2.05, 4.69) is 5.32 Å². The highest BCUT2D eigenvalue weighted by Crippen LogP contribution is 2.33. The summed E-state index contributed by atoms with van der Waals surface area (Å²) in [4.78, 5) is 12.5. The lowest BCUT2D eigenvalue weighted by atomic mass is 10.1. The Kier molecular flexibility index (Phi) is 4.32. The Morgan fingerprint density at radius 1 is 1.05 bits per heavy atom. The molecule has 0 saturated heterocycles. The summed E-state index contributed by atoms with van der Waals surface area (Å²) in [5, 5.41) is 3.15. The maximum Gasteiger partial charge on any atom is 0.265 e. The minimum atomic E-state index is -0.567. The standard InChI is InChI=1S/C17H23NO3/c1-12-16(21-15-11-7-6-10-14(15)20-12)17(19)18-13-8-4-2-3-5-9-13/h6-7,10-13,16H,2-5,8-9H2,1H3,(H,18,19)/t12-,16+/m0/s1. The molecular weight excluding hydrogens is 266 g/mol. The molecule has 0 bridgehead atoms. The van der Waals surface area contributed by atoms with Gasteiger partial charge in [-0.25, -0.2) is 0 Å². The monoisotopic (exact) mass is 289 g/mol. The van der Waals surface area contributed by atoms with Crippen molar-refractivity contribution in [3.63, 3.8) is 0 Å². The molecule has 2 atom stereocenters. The fourth-order valence-corrected chi connectivity index (χ4v) is 3.11. The Morgan fingerprint density at radius 3 is 2.33 bits per heavy atom. The van der Waals surface area contributed by atoms with Gasteiger partial charge in [-0.1, -0.05) is 37.8 Å². The molecule has 1 saturated carbocycles. The molecule has 0 unspecified atom stereocenters. The van der Waals surface area contributed by atoms with Gasteiger partial charge in [-0.05, 0) is 31.9 Å². The van der Waals surface area contributed by atoms with Crippen molar-refractivity contribution in [3.8, 4) is 11.5 Å². The molecule has 3 rings (SSSR count). The number of fused-ring (bicyclic) bond motifs is 1. The summed E-state index contributed by atoms with van der Waals surface area (Å²) in [6, 6.07) is 7.78. The van der Waals surface area contributed by atoms with Gasteiger partial charge in [-0.3, -0.25) is 4.79 Å². The number of carbonyl (C=O) groups is 1. The highest BCUT2D eigenvalue weighted by Gasteiger charge is 2.34. The number of hydrogen-bond donors (Lipinski definition) is 1. The number of ether oxygens (including phenoxy) is 2. The molecule has 0 radical (unpaired) electrons. The second-order valence-corrected chi connectivity index (χ2v) is 6.01. The van der Waals surface area contributed by atoms with Gasteiger partial charge in [0, 0.05) is 6.04 Å². The minimum Gasteiger partial charge on any atom is -0.482 e. The summed E-state index contributed by atoms with van der Waals surface area (Å²) >= 11 is 0. The highest BCUT2D eigenvalue weighted by molar-refractivity contribution is 5.82. The lowest BCUT2D eigenvalue weighted by Gasteiger charge is -2.32. The minimum absolute atomic E-state index is 0.0519. The van der Waals surface area contributed by atoms with Gasteiger partial charge in [-0.2, -0.15) is 0 Å². The van der Waals surface area contributed by atoms with Crippen molar-refractivity contribution in [2.45, 2.75) is 63.7 Å². The van der Waals surface area contributed by atoms with Crippen LogP contribution in [0, 0.1) is 0 Å². The van der Waals surface area contributed by atoms with Crippen molar-refractivity contribution in [3.05, 3.63) is 24.3 Å². The van der Waals surface area contributed by atoms with Crippen molar-refractivity contribution in [1.29, 1.82) is 0 Å². The predicted octanol–water partition coefficient (Wildman–Crippen LogP) is 3.05. The zero-order chi connectivity index (χ0) is 14.7. The Bertz CT molecular complexity index is 495. The number of nitrogens with one attached hydrogen (secondary N) is 1. The van der Waals surface area contributed by atoms with E-state index in [1.807, 2.05) is 31.2 Å². The Labute approximate surface area is 125 Å². The normalized spacial score (nSPS) is 26.0. The van der Waals surface area contributed by atoms with Crippen molar-refractivity contribution >= 4 is 5.91 Å². The molecular formula is C17H23NO3. The quantitative estimate of drug-likeness (QED) is 0.851. The van der Waals surface area contributed by atoms with Crippen LogP contribution in [0.15, 0.2) is 24.3 Å². The van der Waals surface area contributed by atoms with E-state index >= 15 is 0 Å². The van der Waals surface area contributed by atoms with Crippen LogP contribution in [0.5, 0.6) is 11.5 Å². The number of carbonyl (C=O) groups excluding carboxylic acids is 1. The first-order valence-electron chi connectivity index (χ1n) is 7.97. The van der Waals surface area contributed by atoms with Crippen LogP contribution >= 0.6 is 0 Å². The van der Waals surface area contributed by atoms with Crippen molar-refractivity contribution < 1.29 is 14.3 Å². The summed E-state index contributed by atoms with van der Waals surface area (Å²) < 4.78 is 11.6. The summed E-state index contributed by atoms with van der Waals surface area (Å²) in [5.74, 6) is 1.31. The first-order chi connectivity index (χ1) is 10.2. The summed E-state index contributed by atoms with van der Waals surface area (Å²) in [5.41, 5.74) is 0. The second kappa shape index (κ2) is 6.37. The first-order valence-corrected chi connectivity index (χ1v) is 7.97. The van der Waals surface area contributed by atoms with E-state index in [4.69, 9.17) is 9.47 Å². The maximum absolute atomic E-state index is 12.5. The molecule has 1 aliphatic carbocycles. The molecule has 21 heavy (non-hydrogen) atoms. The van der Waals surface area contributed by atoms with Crippen LogP contribution in [0.1, 0.15) is 45.4 Å². The van der Waals surface area contributed by atoms with E-state index in [0.717, 1.165) is 12.8 Å². The molecule has 114 valence electrons. The van der Waals surface area contributed by atoms with Gasteiger partial charge in [0.15, 0.2) is 11.5 Å². The molecule has 1 aromatic carbocycles. The zero-order valence-corrected chi connectivity index (χ0v) is 12.5. The van der Waals surface area contributed by atoms with Crippen LogP contribution < -0.4 is 14.8 Å². The Morgan fingerprint density at radius 2 is 1.67 bits per heavy atom. The lowest BCUT2D eigenvalue weighted by molar-refractivity contribution is -0.134. The average molecular weight is 289 g/mol. The highest BCUT2D eigenvalue weighted by atomic mass is 16.6. The number of rotatable bonds is 2. The first kappa shape index (κ1) is 14.2. The molecule has 4 heteroatoms. The Balaban J connectivity index is 1.64. The topological polar surface area (TPSA) is 47.6 Å². The molecule has 1 aliphatic heterocycles. The van der Waals surface area contributed by atoms with Gasteiger partial charge >= 0.3 is 0 Å². The average Bonchev–Trinajstić information content (AvgIpc) is 2.75. The van der Waals surface area contributed by atoms with Gasteiger partial charge in [-0.15, -0.1) is 0 Å². The third-order valence-electron chi connectivity index (χ3n) is 4.30. The molecule has 1 heterocycles. The van der Waals surface area contributed by atoms with Crippen LogP contribution in [0.25, 0.3) is 0 Å². The smallest absolute Gasteiger partial charge is 0.265 e. The molecule has 1 aromatic rings. The van der Waals surface area contributed by atoms with Crippen molar-refractivity contribution in [2.75, 3.05) is 0 Å². The predicted molar refractivity (Wildman–Crippen MR) is 80.6 cm³/mol. The number of para-hydroxylation sites is 2. The molecule has 1 amide bonds. The van der Waals surface area contributed by atoms with E-state index in [9.17, 15) is 4.79 Å². The lowest BCUT2D eigenvalue weighted by Crippen LogP contribution is -2.51. The van der Waals surface area contributed by atoms with E-state index in [1.54, 1.807) is 0 Å². The van der Waals surface area contributed by atoms with Gasteiger partial charge in [0.25, 0.3) is 5.91 Å². The van der Waals surface area contributed by atoms with Gasteiger partial charge in [0.05, 0.1) is 0 Å². The summed E-state index contributed by atoms with van der Waals surface area (Å²) in [7, 11) is 0. The van der Waals surface area contributed by atoms with Crippen LogP contribution in [0.3, 0.4) is 0 Å². The summed E-state index contributed by atoms with van der Waals surface area (Å²) in [6.45, 7) is 1.88. The Hall–Kier alpha value is -1.71. The SMILES string of the molecule is C[C@@H]1Oc2ccccc2O[C@H]1C(=O)NC1CCCCCC1. The molecule has 4 nitrogen and oxygen atoms in total. The third kappa shape index (κ3) is 3.31. The van der Waals surface area contributed by atoms with Crippen LogP contribution in [0.4, 0.5) is 0 Å². The number of amides is 1. The molecule has 0 spiro atoms. The van der Waals surface area contributed by atoms with Crippen LogP contribution in [0.2, 0.25) is 0 Å². The largest absolute Gasteiger partial charge is 0.482 e. The van der Waals surface area contributed by atoms with E-state index in [-0.39, 0.29) is 18.1 Å². The fourth-order valence-electron chi connectivity index (χ4n) is 3.11. The molecule has 2 aliphatic rings. The number of hydrogen-bond acceptors (Lipinski definition) is 3. The van der Waals surface area contributed by atoms with Gasteiger partial charge in [0.1, 0.15) is 6.10 Å². The maximum atomic E-state index is 12.5. The van der Waals surface area contributed by atoms with Crippen molar-refractivity contribution in [1.82, 2.24) is 5.32 Å². The van der Waals surface area contributed by atoms with Gasteiger partial charge in [0.2, 0.25) is 6.10 Å². The van der Waals surface area contributed by atoms with E-state index in [1.165, 1.54) is 25.7 Å². The van der Waals surface area contributed by atoms with Gasteiger partial charge < -0.3 is 14.8 Å². The van der Waals surface area contributed by atoms with E-state index in [0.29, 0.717) is 11.5 Å². The van der Waals surface area contributed by atoms with Crippen LogP contribution in [-0.2, 0) is 4.79 Å². The van der Waals surface area contributed by atoms with E-state index < -0.39 is 6.10 Å². The number of benzene rings is 1. The zero-order valence-electron chi connectivity index (χ0n) is 12.5. The van der Waals surface area contributed by atoms with Crippen molar-refractivity contribution in [2.24, 2.45) is 0 Å². The summed E-state index contributed by atoms with van der Waals surface area (Å²) in [6.07, 6.45) is 6.26.